The van der Waals surface area contributed by atoms with Crippen LogP contribution in [0.25, 0.3) is 65.2 Å². The van der Waals surface area contributed by atoms with Crippen molar-refractivity contribution in [3.8, 4) is 0 Å². The fourth-order valence-corrected chi connectivity index (χ4v) is 5.89. The molecular weight excluding hydrogens is 588 g/mol. The molecule has 7 rings (SSSR count). The Labute approximate surface area is 216 Å². The van der Waals surface area contributed by atoms with Crippen molar-refractivity contribution in [3.05, 3.63) is 111 Å². The van der Waals surface area contributed by atoms with E-state index in [1.807, 2.05) is 0 Å². The van der Waals surface area contributed by atoms with E-state index in [2.05, 4.69) is 36.8 Å². The first-order chi connectivity index (χ1) is 17.4. The minimum Gasteiger partial charge on any atom is -0.289 e. The van der Waals surface area contributed by atoms with Crippen LogP contribution in [0.15, 0.2) is 88.8 Å². The number of fused-ring (bicyclic) bond motifs is 8. The van der Waals surface area contributed by atoms with Crippen molar-refractivity contribution in [2.24, 2.45) is 0 Å². The van der Waals surface area contributed by atoms with Crippen molar-refractivity contribution in [2.45, 2.75) is 0 Å². The molecular formula is C28H10Br2N2O4. The highest BCUT2D eigenvalue weighted by molar-refractivity contribution is 9.13. The fourth-order valence-electron chi connectivity index (χ4n) is 5.04. The monoisotopic (exact) mass is 596 g/mol. The van der Waals surface area contributed by atoms with Crippen molar-refractivity contribution in [1.29, 1.82) is 0 Å². The van der Waals surface area contributed by atoms with Gasteiger partial charge in [0.15, 0.2) is 21.7 Å². The van der Waals surface area contributed by atoms with Gasteiger partial charge in [-0.25, -0.2) is 9.97 Å². The van der Waals surface area contributed by atoms with Gasteiger partial charge in [0.25, 0.3) is 0 Å². The van der Waals surface area contributed by atoms with E-state index in [1.165, 1.54) is 0 Å². The van der Waals surface area contributed by atoms with Gasteiger partial charge in [0, 0.05) is 41.3 Å². The van der Waals surface area contributed by atoms with Gasteiger partial charge in [-0.15, -0.1) is 0 Å². The van der Waals surface area contributed by atoms with Crippen LogP contribution < -0.4 is 21.7 Å². The number of halogens is 2. The topological polar surface area (TPSA) is 94.1 Å². The molecule has 0 saturated carbocycles. The summed E-state index contributed by atoms with van der Waals surface area (Å²) in [4.78, 5) is 62.9. The summed E-state index contributed by atoms with van der Waals surface area (Å²) in [7, 11) is 0. The van der Waals surface area contributed by atoms with Crippen molar-refractivity contribution in [1.82, 2.24) is 9.97 Å². The predicted octanol–water partition coefficient (Wildman–Crippen LogP) is 5.24. The molecule has 0 atom stereocenters. The summed E-state index contributed by atoms with van der Waals surface area (Å²) >= 11 is 6.81. The second-order valence-corrected chi connectivity index (χ2v) is 10.2. The summed E-state index contributed by atoms with van der Waals surface area (Å²) in [5, 5.41) is 2.15. The number of benzene rings is 6. The maximum atomic E-state index is 13.6. The highest BCUT2D eigenvalue weighted by Crippen LogP contribution is 2.31. The summed E-state index contributed by atoms with van der Waals surface area (Å²) in [5.41, 5.74) is 0.112. The molecule has 8 heteroatoms. The lowest BCUT2D eigenvalue weighted by atomic mass is 9.99. The minimum absolute atomic E-state index is 0.180. The Hall–Kier alpha value is -3.88. The SMILES string of the molecule is O=c1c2ccccc2c(=O)c2c1ccc1nc3c(ccc4c(=O)c5c(Br)c(Br)ccc5c(=O)c43)nc12. The summed E-state index contributed by atoms with van der Waals surface area (Å²) in [6, 6.07) is 16.4. The van der Waals surface area contributed by atoms with E-state index in [-0.39, 0.29) is 59.7 Å². The molecule has 0 unspecified atom stereocenters. The second-order valence-electron chi connectivity index (χ2n) is 8.58. The van der Waals surface area contributed by atoms with E-state index in [0.29, 0.717) is 36.1 Å². The quantitative estimate of drug-likeness (QED) is 0.175. The van der Waals surface area contributed by atoms with Gasteiger partial charge >= 0.3 is 0 Å². The average molecular weight is 598 g/mol. The Bertz CT molecular complexity index is 2380. The molecule has 7 aromatic rings. The molecule has 0 fully saturated rings. The van der Waals surface area contributed by atoms with Crippen LogP contribution in [-0.2, 0) is 0 Å². The van der Waals surface area contributed by atoms with Gasteiger partial charge in [-0.3, -0.25) is 19.2 Å². The lowest BCUT2D eigenvalue weighted by molar-refractivity contribution is 1.41. The summed E-state index contributed by atoms with van der Waals surface area (Å²) in [5.74, 6) is 0. The number of hydrogen-bond acceptors (Lipinski definition) is 6. The molecule has 6 aromatic carbocycles. The maximum absolute atomic E-state index is 13.6. The Morgan fingerprint density at radius 2 is 0.917 bits per heavy atom. The third-order valence-corrected chi connectivity index (χ3v) is 8.72. The van der Waals surface area contributed by atoms with Crippen molar-refractivity contribution >= 4 is 97.0 Å². The molecule has 0 amide bonds. The number of nitrogens with zero attached hydrogens (tertiary/aromatic N) is 2. The van der Waals surface area contributed by atoms with Crippen LogP contribution in [0.5, 0.6) is 0 Å². The van der Waals surface area contributed by atoms with Crippen molar-refractivity contribution in [3.63, 3.8) is 0 Å². The van der Waals surface area contributed by atoms with Crippen LogP contribution in [0.4, 0.5) is 0 Å². The summed E-state index contributed by atoms with van der Waals surface area (Å²) in [6.45, 7) is 0. The van der Waals surface area contributed by atoms with Crippen LogP contribution in [0.2, 0.25) is 0 Å². The van der Waals surface area contributed by atoms with Crippen LogP contribution >= 0.6 is 31.9 Å². The molecule has 0 spiro atoms. The van der Waals surface area contributed by atoms with Gasteiger partial charge in [-0.2, -0.15) is 0 Å². The highest BCUT2D eigenvalue weighted by Gasteiger charge is 2.20. The average Bonchev–Trinajstić information content (AvgIpc) is 2.89. The number of aromatic nitrogens is 2. The zero-order chi connectivity index (χ0) is 24.9. The van der Waals surface area contributed by atoms with Gasteiger partial charge < -0.3 is 0 Å². The third kappa shape index (κ3) is 2.65. The van der Waals surface area contributed by atoms with E-state index < -0.39 is 0 Å². The molecule has 0 aliphatic carbocycles. The third-order valence-electron chi connectivity index (χ3n) is 6.70. The number of rotatable bonds is 0. The van der Waals surface area contributed by atoms with Crippen molar-refractivity contribution in [2.75, 3.05) is 0 Å². The smallest absolute Gasteiger partial charge is 0.196 e. The van der Waals surface area contributed by atoms with Crippen LogP contribution in [0.1, 0.15) is 0 Å². The van der Waals surface area contributed by atoms with E-state index >= 15 is 0 Å². The molecule has 0 bridgehead atoms. The highest BCUT2D eigenvalue weighted by atomic mass is 79.9. The van der Waals surface area contributed by atoms with Crippen LogP contribution in [0.3, 0.4) is 0 Å². The van der Waals surface area contributed by atoms with Gasteiger partial charge in [0.2, 0.25) is 0 Å². The second kappa shape index (κ2) is 7.32. The molecule has 0 N–H and O–H groups in total. The molecule has 1 aromatic heterocycles. The Kier molecular flexibility index (Phi) is 4.35. The van der Waals surface area contributed by atoms with Gasteiger partial charge in [-0.05, 0) is 68.3 Å². The number of hydrogen-bond donors (Lipinski definition) is 0. The lowest BCUT2D eigenvalue weighted by Gasteiger charge is -2.09. The molecule has 0 aliphatic heterocycles. The van der Waals surface area contributed by atoms with E-state index in [1.54, 1.807) is 60.7 Å². The van der Waals surface area contributed by atoms with Gasteiger partial charge in [-0.1, -0.05) is 24.3 Å². The normalized spacial score (nSPS) is 12.1. The Balaban J connectivity index is 1.70. The van der Waals surface area contributed by atoms with Crippen LogP contribution in [-0.4, -0.2) is 9.97 Å². The molecule has 6 nitrogen and oxygen atoms in total. The predicted molar refractivity (Wildman–Crippen MR) is 150 cm³/mol. The Morgan fingerprint density at radius 3 is 1.53 bits per heavy atom. The first kappa shape index (κ1) is 21.4. The van der Waals surface area contributed by atoms with E-state index in [9.17, 15) is 19.2 Å². The van der Waals surface area contributed by atoms with Gasteiger partial charge in [0.05, 0.1) is 21.8 Å². The molecule has 0 aliphatic rings. The molecule has 1 heterocycles. The van der Waals surface area contributed by atoms with Crippen molar-refractivity contribution < 1.29 is 0 Å². The van der Waals surface area contributed by atoms with E-state index in [4.69, 9.17) is 4.98 Å². The zero-order valence-corrected chi connectivity index (χ0v) is 21.2. The first-order valence-corrected chi connectivity index (χ1v) is 12.5. The maximum Gasteiger partial charge on any atom is 0.196 e. The fraction of sp³-hybridized carbons (Fsp3) is 0. The van der Waals surface area contributed by atoms with E-state index in [0.717, 1.165) is 0 Å². The summed E-state index contributed by atoms with van der Waals surface area (Å²) < 4.78 is 1.19. The molecule has 36 heavy (non-hydrogen) atoms. The first-order valence-electron chi connectivity index (χ1n) is 10.9. The Morgan fingerprint density at radius 1 is 0.472 bits per heavy atom. The minimum atomic E-state index is -0.329. The van der Waals surface area contributed by atoms with Gasteiger partial charge in [0.1, 0.15) is 11.0 Å². The largest absolute Gasteiger partial charge is 0.289 e. The molecule has 0 saturated heterocycles. The van der Waals surface area contributed by atoms with Crippen LogP contribution in [0, 0.1) is 0 Å². The standard InChI is InChI=1S/C28H10Br2N2O4/c29-16-8-5-13-19(22(16)30)27(35)15-7-10-18-24(21(15)28(13)36)32-17-9-6-14-20(23(17)31-18)26(34)12-4-2-1-3-11(12)25(14)33/h1-10H. The summed E-state index contributed by atoms with van der Waals surface area (Å²) in [6.07, 6.45) is 0. The molecule has 170 valence electrons. The zero-order valence-electron chi connectivity index (χ0n) is 18.1. The molecule has 0 radical (unpaired) electrons. The lowest BCUT2D eigenvalue weighted by Crippen LogP contribution is -2.15.